The van der Waals surface area contributed by atoms with Crippen LogP contribution in [0, 0.1) is 17.1 Å². The van der Waals surface area contributed by atoms with Crippen LogP contribution in [0.4, 0.5) is 4.39 Å². The van der Waals surface area contributed by atoms with Crippen molar-refractivity contribution in [3.63, 3.8) is 0 Å². The highest BCUT2D eigenvalue weighted by atomic mass is 32.2. The molecule has 5 rings (SSSR count). The van der Waals surface area contributed by atoms with Gasteiger partial charge in [0.15, 0.2) is 11.0 Å². The molecule has 5 aromatic rings. The summed E-state index contributed by atoms with van der Waals surface area (Å²) in [6, 6.07) is 24.1. The predicted octanol–water partition coefficient (Wildman–Crippen LogP) is 5.49. The molecule has 0 atom stereocenters. The van der Waals surface area contributed by atoms with Crippen LogP contribution < -0.4 is 0 Å². The van der Waals surface area contributed by atoms with Gasteiger partial charge in [0.25, 0.3) is 0 Å². The fraction of sp³-hybridized carbons (Fsp3) is 0.0417. The molecule has 3 heterocycles. The van der Waals surface area contributed by atoms with Crippen LogP contribution in [-0.2, 0) is 5.75 Å². The highest BCUT2D eigenvalue weighted by molar-refractivity contribution is 7.98. The molecule has 2 aromatic carbocycles. The van der Waals surface area contributed by atoms with Crippen molar-refractivity contribution < 1.29 is 4.39 Å². The van der Waals surface area contributed by atoms with E-state index < -0.39 is 0 Å². The zero-order valence-electron chi connectivity index (χ0n) is 16.3. The van der Waals surface area contributed by atoms with Gasteiger partial charge < -0.3 is 4.40 Å². The molecule has 0 saturated carbocycles. The van der Waals surface area contributed by atoms with E-state index in [2.05, 4.69) is 16.3 Å². The molecule has 0 radical (unpaired) electrons. The summed E-state index contributed by atoms with van der Waals surface area (Å²) in [7, 11) is 0. The Balaban J connectivity index is 1.55. The van der Waals surface area contributed by atoms with Crippen LogP contribution in [0.1, 0.15) is 11.1 Å². The van der Waals surface area contributed by atoms with E-state index in [1.54, 1.807) is 12.1 Å². The summed E-state index contributed by atoms with van der Waals surface area (Å²) >= 11 is 1.49. The molecular weight excluding hydrogens is 409 g/mol. The molecule has 0 aliphatic carbocycles. The van der Waals surface area contributed by atoms with E-state index in [0.29, 0.717) is 22.3 Å². The molecule has 0 fully saturated rings. The predicted molar refractivity (Wildman–Crippen MR) is 118 cm³/mol. The van der Waals surface area contributed by atoms with E-state index in [1.807, 2.05) is 69.9 Å². The van der Waals surface area contributed by atoms with Gasteiger partial charge >= 0.3 is 0 Å². The van der Waals surface area contributed by atoms with Crippen LogP contribution in [0.2, 0.25) is 0 Å². The lowest BCUT2D eigenvalue weighted by molar-refractivity contribution is 0.627. The highest BCUT2D eigenvalue weighted by Gasteiger charge is 2.18. The second-order valence-corrected chi connectivity index (χ2v) is 7.85. The van der Waals surface area contributed by atoms with E-state index in [9.17, 15) is 9.65 Å². The summed E-state index contributed by atoms with van der Waals surface area (Å²) in [4.78, 5) is 0. The molecule has 0 bridgehead atoms. The summed E-state index contributed by atoms with van der Waals surface area (Å²) in [6.07, 6.45) is 3.90. The number of benzene rings is 2. The van der Waals surface area contributed by atoms with Crippen LogP contribution in [0.25, 0.3) is 22.6 Å². The summed E-state index contributed by atoms with van der Waals surface area (Å²) in [5, 5.41) is 19.2. The Hall–Kier alpha value is -3.89. The summed E-state index contributed by atoms with van der Waals surface area (Å²) in [5.41, 5.74) is 4.15. The molecule has 0 aliphatic heterocycles. The maximum absolute atomic E-state index is 13.5. The highest BCUT2D eigenvalue weighted by Crippen LogP contribution is 2.31. The molecule has 0 N–H and O–H groups in total. The van der Waals surface area contributed by atoms with Crippen LogP contribution in [0.15, 0.2) is 90.3 Å². The first-order chi connectivity index (χ1) is 15.2. The SMILES string of the molecule is N#Cc1c(CSc2nnc(-c3ccccc3)n2-c2ccc(F)cc2)cn2ccccc12. The molecular formula is C24H16FN5S. The van der Waals surface area contributed by atoms with E-state index in [-0.39, 0.29) is 5.82 Å². The fourth-order valence-electron chi connectivity index (χ4n) is 3.52. The number of nitriles is 1. The minimum atomic E-state index is -0.300. The van der Waals surface area contributed by atoms with Crippen molar-refractivity contribution in [1.82, 2.24) is 19.2 Å². The molecule has 0 amide bonds. The maximum atomic E-state index is 13.5. The summed E-state index contributed by atoms with van der Waals surface area (Å²) in [6.45, 7) is 0. The largest absolute Gasteiger partial charge is 0.322 e. The topological polar surface area (TPSA) is 58.9 Å². The van der Waals surface area contributed by atoms with Gasteiger partial charge in [-0.15, -0.1) is 10.2 Å². The van der Waals surface area contributed by atoms with Crippen molar-refractivity contribution in [3.05, 3.63) is 102 Å². The molecule has 31 heavy (non-hydrogen) atoms. The Morgan fingerprint density at radius 3 is 2.48 bits per heavy atom. The van der Waals surface area contributed by atoms with Crippen molar-refractivity contribution >= 4 is 17.3 Å². The summed E-state index contributed by atoms with van der Waals surface area (Å²) < 4.78 is 17.4. The molecule has 3 aromatic heterocycles. The average Bonchev–Trinajstić information content (AvgIpc) is 3.39. The first kappa shape index (κ1) is 19.1. The molecule has 0 spiro atoms. The Morgan fingerprint density at radius 2 is 1.71 bits per heavy atom. The first-order valence-electron chi connectivity index (χ1n) is 9.63. The number of fused-ring (bicyclic) bond motifs is 1. The van der Waals surface area contributed by atoms with Crippen LogP contribution in [0.5, 0.6) is 0 Å². The zero-order chi connectivity index (χ0) is 21.2. The summed E-state index contributed by atoms with van der Waals surface area (Å²) in [5.74, 6) is 0.933. The zero-order valence-corrected chi connectivity index (χ0v) is 17.1. The molecule has 7 heteroatoms. The smallest absolute Gasteiger partial charge is 0.196 e. The number of rotatable bonds is 5. The molecule has 0 unspecified atom stereocenters. The van der Waals surface area contributed by atoms with Crippen LogP contribution >= 0.6 is 11.8 Å². The van der Waals surface area contributed by atoms with Crippen molar-refractivity contribution in [2.75, 3.05) is 0 Å². The number of nitrogens with zero attached hydrogens (tertiary/aromatic N) is 5. The van der Waals surface area contributed by atoms with Gasteiger partial charge in [0.05, 0.1) is 11.1 Å². The minimum Gasteiger partial charge on any atom is -0.322 e. The molecule has 5 nitrogen and oxygen atoms in total. The Bertz CT molecular complexity index is 1400. The second kappa shape index (κ2) is 8.09. The Kier molecular flexibility index (Phi) is 4.98. The van der Waals surface area contributed by atoms with Gasteiger partial charge in [-0.1, -0.05) is 48.2 Å². The van der Waals surface area contributed by atoms with E-state index in [1.165, 1.54) is 23.9 Å². The molecule has 150 valence electrons. The van der Waals surface area contributed by atoms with Crippen LogP contribution in [-0.4, -0.2) is 19.2 Å². The van der Waals surface area contributed by atoms with Gasteiger partial charge in [0.1, 0.15) is 11.9 Å². The quantitative estimate of drug-likeness (QED) is 0.349. The molecule has 0 aliphatic rings. The maximum Gasteiger partial charge on any atom is 0.196 e. The Labute approximate surface area is 182 Å². The van der Waals surface area contributed by atoms with Gasteiger partial charge in [-0.3, -0.25) is 4.57 Å². The number of hydrogen-bond acceptors (Lipinski definition) is 4. The normalized spacial score (nSPS) is 11.0. The van der Waals surface area contributed by atoms with Gasteiger partial charge in [0, 0.05) is 29.4 Å². The van der Waals surface area contributed by atoms with Crippen molar-refractivity contribution in [1.29, 1.82) is 5.26 Å². The monoisotopic (exact) mass is 425 g/mol. The molecule has 0 saturated heterocycles. The fourth-order valence-corrected chi connectivity index (χ4v) is 4.44. The lowest BCUT2D eigenvalue weighted by Crippen LogP contribution is -2.00. The third kappa shape index (κ3) is 3.58. The standard InChI is InChI=1S/C24H16FN5S/c25-19-9-11-20(12-10-19)30-23(17-6-2-1-3-7-17)27-28-24(30)31-16-18-15-29-13-5-4-8-22(29)21(18)14-26/h1-13,15H,16H2. The lowest BCUT2D eigenvalue weighted by atomic mass is 10.2. The second-order valence-electron chi connectivity index (χ2n) is 6.91. The van der Waals surface area contributed by atoms with E-state index >= 15 is 0 Å². The van der Waals surface area contributed by atoms with E-state index in [0.717, 1.165) is 22.3 Å². The average molecular weight is 425 g/mol. The number of thioether (sulfide) groups is 1. The van der Waals surface area contributed by atoms with Crippen molar-refractivity contribution in [2.24, 2.45) is 0 Å². The Morgan fingerprint density at radius 1 is 0.935 bits per heavy atom. The number of pyridine rings is 1. The first-order valence-corrected chi connectivity index (χ1v) is 10.6. The van der Waals surface area contributed by atoms with Gasteiger partial charge in [-0.2, -0.15) is 5.26 Å². The van der Waals surface area contributed by atoms with Crippen LogP contribution in [0.3, 0.4) is 0 Å². The van der Waals surface area contributed by atoms with E-state index in [4.69, 9.17) is 0 Å². The van der Waals surface area contributed by atoms with Gasteiger partial charge in [-0.05, 0) is 42.0 Å². The third-order valence-electron chi connectivity index (χ3n) is 4.98. The van der Waals surface area contributed by atoms with Crippen molar-refractivity contribution in [3.8, 4) is 23.1 Å². The van der Waals surface area contributed by atoms with Gasteiger partial charge in [-0.25, -0.2) is 4.39 Å². The lowest BCUT2D eigenvalue weighted by Gasteiger charge is -2.10. The minimum absolute atomic E-state index is 0.300. The number of hydrogen-bond donors (Lipinski definition) is 0. The van der Waals surface area contributed by atoms with Gasteiger partial charge in [0.2, 0.25) is 0 Å². The number of aromatic nitrogens is 4. The van der Waals surface area contributed by atoms with Crippen molar-refractivity contribution in [2.45, 2.75) is 10.9 Å². The number of halogens is 1. The third-order valence-corrected chi connectivity index (χ3v) is 5.96.